The Kier molecular flexibility index (Phi) is 8.18. The Hall–Kier alpha value is -8.60. The molecule has 13 aromatic rings. The molecule has 13 rings (SSSR count). The van der Waals surface area contributed by atoms with Crippen LogP contribution in [0.15, 0.2) is 239 Å². The Morgan fingerprint density at radius 2 is 0.781 bits per heavy atom. The Morgan fingerprint density at radius 3 is 1.44 bits per heavy atom. The van der Waals surface area contributed by atoms with Gasteiger partial charge >= 0.3 is 0 Å². The molecule has 4 nitrogen and oxygen atoms in total. The van der Waals surface area contributed by atoms with Gasteiger partial charge < -0.3 is 18.3 Å². The fourth-order valence-electron chi connectivity index (χ4n) is 9.83. The molecule has 0 N–H and O–H groups in total. The maximum Gasteiger partial charge on any atom is 0.145 e. The number of fused-ring (bicyclic) bond motifs is 10. The molecule has 64 heavy (non-hydrogen) atoms. The van der Waals surface area contributed by atoms with E-state index in [1.165, 1.54) is 16.5 Å². The van der Waals surface area contributed by atoms with E-state index in [2.05, 4.69) is 228 Å². The Labute approximate surface area is 369 Å². The average Bonchev–Trinajstić information content (AvgIpc) is 4.05. The number of benzene rings is 10. The summed E-state index contributed by atoms with van der Waals surface area (Å²) in [5, 5.41) is 6.79. The second kappa shape index (κ2) is 14.5. The molecular weight excluding hydrogens is 781 g/mol. The fraction of sp³-hybridized carbons (Fsp3) is 0. The summed E-state index contributed by atoms with van der Waals surface area (Å²) in [7, 11) is 0. The van der Waals surface area contributed by atoms with Crippen molar-refractivity contribution < 1.29 is 8.83 Å². The Balaban J connectivity index is 0.919. The van der Waals surface area contributed by atoms with Crippen molar-refractivity contribution in [1.29, 1.82) is 0 Å². The van der Waals surface area contributed by atoms with Crippen LogP contribution in [0.4, 0.5) is 17.1 Å². The van der Waals surface area contributed by atoms with E-state index in [4.69, 9.17) is 8.83 Å². The largest absolute Gasteiger partial charge is 0.455 e. The minimum atomic E-state index is 0.892. The number of rotatable bonds is 7. The molecule has 0 unspecified atom stereocenters. The fourth-order valence-corrected chi connectivity index (χ4v) is 9.83. The second-order valence-electron chi connectivity index (χ2n) is 16.4. The van der Waals surface area contributed by atoms with Crippen LogP contribution in [-0.4, -0.2) is 4.57 Å². The van der Waals surface area contributed by atoms with Crippen LogP contribution in [0.3, 0.4) is 0 Å². The van der Waals surface area contributed by atoms with Gasteiger partial charge in [0.05, 0.1) is 16.4 Å². The van der Waals surface area contributed by atoms with Crippen LogP contribution in [0.2, 0.25) is 0 Å². The van der Waals surface area contributed by atoms with E-state index in [1.807, 2.05) is 12.1 Å². The maximum absolute atomic E-state index is 6.80. The molecule has 3 heterocycles. The van der Waals surface area contributed by atoms with Gasteiger partial charge in [0, 0.05) is 60.8 Å². The molecule has 3 aromatic heterocycles. The molecule has 300 valence electrons. The summed E-state index contributed by atoms with van der Waals surface area (Å²) in [6.07, 6.45) is 0. The van der Waals surface area contributed by atoms with E-state index in [-0.39, 0.29) is 0 Å². The summed E-state index contributed by atoms with van der Waals surface area (Å²) >= 11 is 0. The lowest BCUT2D eigenvalue weighted by Crippen LogP contribution is -2.10. The number of nitrogens with zero attached hydrogens (tertiary/aromatic N) is 2. The van der Waals surface area contributed by atoms with Crippen LogP contribution in [-0.2, 0) is 0 Å². The van der Waals surface area contributed by atoms with Crippen LogP contribution in [0.25, 0.3) is 105 Å². The predicted octanol–water partition coefficient (Wildman–Crippen LogP) is 17.1. The molecule has 0 spiro atoms. The molecule has 0 saturated heterocycles. The number of hydrogen-bond acceptors (Lipinski definition) is 3. The van der Waals surface area contributed by atoms with E-state index in [0.717, 1.165) is 105 Å². The van der Waals surface area contributed by atoms with Crippen LogP contribution < -0.4 is 4.90 Å². The third-order valence-electron chi connectivity index (χ3n) is 12.8. The summed E-state index contributed by atoms with van der Waals surface area (Å²) in [5.74, 6) is 0. The summed E-state index contributed by atoms with van der Waals surface area (Å²) < 4.78 is 15.7. The third-order valence-corrected chi connectivity index (χ3v) is 12.8. The Morgan fingerprint density at radius 1 is 0.297 bits per heavy atom. The number of aromatic nitrogens is 1. The normalized spacial score (nSPS) is 11.8. The maximum atomic E-state index is 6.80. The van der Waals surface area contributed by atoms with Crippen LogP contribution >= 0.6 is 0 Å². The topological polar surface area (TPSA) is 34.5 Å². The van der Waals surface area contributed by atoms with Crippen molar-refractivity contribution >= 4 is 82.7 Å². The van der Waals surface area contributed by atoms with E-state index in [9.17, 15) is 0 Å². The molecule has 0 bridgehead atoms. The zero-order valence-electron chi connectivity index (χ0n) is 34.7. The van der Waals surface area contributed by atoms with Crippen LogP contribution in [0.5, 0.6) is 0 Å². The SMILES string of the molecule is c1ccc(-c2ccc(N(c3ccc(-c4cccc5c4oc4c(-c6ccccc6)cccc45)cc3)c3ccc(-n4c5ccccc5c5c6oc7ccccc7c6ccc54)cc3)cc2)cc1. The molecule has 0 amide bonds. The van der Waals surface area contributed by atoms with Gasteiger partial charge in [0.15, 0.2) is 0 Å². The Bertz CT molecular complexity index is 3860. The van der Waals surface area contributed by atoms with Crippen molar-refractivity contribution in [2.45, 2.75) is 0 Å². The molecule has 4 heteroatoms. The highest BCUT2D eigenvalue weighted by molar-refractivity contribution is 6.24. The van der Waals surface area contributed by atoms with Crippen molar-refractivity contribution in [3.05, 3.63) is 231 Å². The molecule has 0 atom stereocenters. The minimum Gasteiger partial charge on any atom is -0.455 e. The van der Waals surface area contributed by atoms with E-state index in [1.54, 1.807) is 0 Å². The first-order valence-corrected chi connectivity index (χ1v) is 21.7. The molecular formula is C60H38N2O2. The summed E-state index contributed by atoms with van der Waals surface area (Å²) in [6, 6.07) is 81.9. The first-order valence-electron chi connectivity index (χ1n) is 21.7. The summed E-state index contributed by atoms with van der Waals surface area (Å²) in [5.41, 5.74) is 16.9. The number of furan rings is 2. The highest BCUT2D eigenvalue weighted by Crippen LogP contribution is 2.44. The number of hydrogen-bond donors (Lipinski definition) is 0. The van der Waals surface area contributed by atoms with Crippen LogP contribution in [0, 0.1) is 0 Å². The smallest absolute Gasteiger partial charge is 0.145 e. The van der Waals surface area contributed by atoms with E-state index >= 15 is 0 Å². The van der Waals surface area contributed by atoms with Gasteiger partial charge in [-0.1, -0.05) is 158 Å². The third kappa shape index (κ3) is 5.70. The van der Waals surface area contributed by atoms with Gasteiger partial charge in [-0.2, -0.15) is 0 Å². The van der Waals surface area contributed by atoms with Crippen LogP contribution in [0.1, 0.15) is 0 Å². The van der Waals surface area contributed by atoms with Crippen molar-refractivity contribution in [1.82, 2.24) is 4.57 Å². The quantitative estimate of drug-likeness (QED) is 0.161. The standard InChI is InChI=1S/C60H38N2O2/c1-3-13-39(14-4-1)40-25-29-43(30-26-40)61(44-31-27-42(28-32-44)48-20-12-22-51-50-21-11-19-47(58(50)64-59(48)51)41-15-5-2-6-16-41)45-33-35-46(36-34-45)62-54-23-9-7-18-53(54)57-55(62)38-37-52-49-17-8-10-24-56(49)63-60(52)57/h1-38H. The first-order chi connectivity index (χ1) is 31.7. The number of anilines is 3. The molecule has 0 aliphatic carbocycles. The predicted molar refractivity (Wildman–Crippen MR) is 266 cm³/mol. The van der Waals surface area contributed by atoms with Crippen molar-refractivity contribution in [3.63, 3.8) is 0 Å². The monoisotopic (exact) mass is 818 g/mol. The lowest BCUT2D eigenvalue weighted by molar-refractivity contribution is 0.671. The van der Waals surface area contributed by atoms with Gasteiger partial charge in [-0.3, -0.25) is 0 Å². The van der Waals surface area contributed by atoms with Crippen molar-refractivity contribution in [2.75, 3.05) is 4.90 Å². The summed E-state index contributed by atoms with van der Waals surface area (Å²) in [6.45, 7) is 0. The van der Waals surface area contributed by atoms with Gasteiger partial charge in [0.1, 0.15) is 22.3 Å². The highest BCUT2D eigenvalue weighted by atomic mass is 16.3. The first kappa shape index (κ1) is 36.1. The van der Waals surface area contributed by atoms with Gasteiger partial charge in [0.25, 0.3) is 0 Å². The molecule has 0 aliphatic heterocycles. The molecule has 0 saturated carbocycles. The van der Waals surface area contributed by atoms with E-state index in [0.29, 0.717) is 0 Å². The van der Waals surface area contributed by atoms with E-state index < -0.39 is 0 Å². The molecule has 0 aliphatic rings. The van der Waals surface area contributed by atoms with Gasteiger partial charge in [-0.15, -0.1) is 0 Å². The minimum absolute atomic E-state index is 0.892. The van der Waals surface area contributed by atoms with Crippen molar-refractivity contribution in [3.8, 4) is 39.1 Å². The molecule has 0 radical (unpaired) electrons. The van der Waals surface area contributed by atoms with Gasteiger partial charge in [-0.05, 0) is 95.1 Å². The zero-order chi connectivity index (χ0) is 42.1. The molecule has 10 aromatic carbocycles. The van der Waals surface area contributed by atoms with Gasteiger partial charge in [0.2, 0.25) is 0 Å². The second-order valence-corrected chi connectivity index (χ2v) is 16.4. The molecule has 0 fully saturated rings. The number of para-hydroxylation sites is 4. The van der Waals surface area contributed by atoms with Crippen molar-refractivity contribution in [2.24, 2.45) is 0 Å². The lowest BCUT2D eigenvalue weighted by atomic mass is 10.00. The lowest BCUT2D eigenvalue weighted by Gasteiger charge is -2.26. The average molecular weight is 819 g/mol. The summed E-state index contributed by atoms with van der Waals surface area (Å²) in [4.78, 5) is 2.33. The van der Waals surface area contributed by atoms with Gasteiger partial charge in [-0.25, -0.2) is 0 Å². The zero-order valence-corrected chi connectivity index (χ0v) is 34.7. The highest BCUT2D eigenvalue weighted by Gasteiger charge is 2.21.